The fraction of sp³-hybridized carbons (Fsp3) is 0.933. The molecule has 4 aliphatic rings. The highest BCUT2D eigenvalue weighted by Crippen LogP contribution is 2.68. The van der Waals surface area contributed by atoms with Crippen LogP contribution in [0, 0.1) is 52.3 Å². The average Bonchev–Trinajstić information content (AvgIpc) is 3.10. The molecule has 0 amide bonds. The highest BCUT2D eigenvalue weighted by molar-refractivity contribution is 5.71. The lowest BCUT2D eigenvalue weighted by Gasteiger charge is -2.62. The number of fused-ring (bicyclic) bond motifs is 5. The zero-order valence-corrected chi connectivity index (χ0v) is 22.9. The van der Waals surface area contributed by atoms with Crippen molar-refractivity contribution in [3.8, 4) is 0 Å². The maximum Gasteiger partial charge on any atom is 0.120 e. The number of hydrogen-bond donors (Lipinski definition) is 1. The Morgan fingerprint density at radius 1 is 1.11 bits per heavy atom. The van der Waals surface area contributed by atoms with E-state index in [0.717, 1.165) is 19.1 Å². The maximum absolute atomic E-state index is 11.6. The molecule has 4 fully saturated rings. The molecule has 200 valence electrons. The number of hydrogen-bond acceptors (Lipinski definition) is 5. The van der Waals surface area contributed by atoms with Gasteiger partial charge in [0.25, 0.3) is 0 Å². The molecule has 1 N–H and O–H groups in total. The van der Waals surface area contributed by atoms with Crippen LogP contribution in [0.25, 0.3) is 0 Å². The van der Waals surface area contributed by atoms with Crippen LogP contribution in [0.2, 0.25) is 0 Å². The van der Waals surface area contributed by atoms with Crippen molar-refractivity contribution in [2.75, 3.05) is 0 Å². The molecule has 5 heteroatoms. The van der Waals surface area contributed by atoms with E-state index in [-0.39, 0.29) is 41.0 Å². The molecule has 0 saturated heterocycles. The second-order valence-corrected chi connectivity index (χ2v) is 14.3. The van der Waals surface area contributed by atoms with Crippen molar-refractivity contribution in [2.24, 2.45) is 52.3 Å². The molecule has 11 atom stereocenters. The summed E-state index contributed by atoms with van der Waals surface area (Å²) in [6.45, 7) is 13.5. The minimum atomic E-state index is -1.08. The normalized spacial score (nSPS) is 45.1. The van der Waals surface area contributed by atoms with Crippen molar-refractivity contribution in [3.05, 3.63) is 0 Å². The first-order valence-electron chi connectivity index (χ1n) is 14.3. The van der Waals surface area contributed by atoms with Crippen LogP contribution >= 0.6 is 0 Å². The lowest BCUT2D eigenvalue weighted by molar-refractivity contribution is -0.312. The van der Waals surface area contributed by atoms with Crippen molar-refractivity contribution in [1.82, 2.24) is 0 Å². The first-order valence-corrected chi connectivity index (χ1v) is 14.3. The van der Waals surface area contributed by atoms with Gasteiger partial charge in [0.15, 0.2) is 0 Å². The van der Waals surface area contributed by atoms with E-state index in [1.54, 1.807) is 0 Å². The van der Waals surface area contributed by atoms with Crippen LogP contribution in [-0.4, -0.2) is 35.2 Å². The Kier molecular flexibility index (Phi) is 7.54. The third-order valence-electron chi connectivity index (χ3n) is 11.3. The molecule has 4 rings (SSSR count). The van der Waals surface area contributed by atoms with Gasteiger partial charge in [0.2, 0.25) is 0 Å². The number of carbonyl (C=O) groups excluding carboxylic acids is 2. The fourth-order valence-corrected chi connectivity index (χ4v) is 9.82. The van der Waals surface area contributed by atoms with Crippen LogP contribution in [0.4, 0.5) is 0 Å². The van der Waals surface area contributed by atoms with Gasteiger partial charge < -0.3 is 24.5 Å². The first-order chi connectivity index (χ1) is 16.3. The van der Waals surface area contributed by atoms with Crippen LogP contribution in [0.3, 0.4) is 0 Å². The molecular formula is C30H49O5-. The van der Waals surface area contributed by atoms with E-state index >= 15 is 0 Å². The van der Waals surface area contributed by atoms with E-state index in [1.807, 2.05) is 0 Å². The summed E-state index contributed by atoms with van der Waals surface area (Å²) in [7, 11) is 0. The summed E-state index contributed by atoms with van der Waals surface area (Å²) in [5.41, 5.74) is 0.208. The minimum Gasteiger partial charge on any atom is -0.550 e. The standard InChI is InChI=1S/C30H50O5/c1-18(15-19(12-14-31)27(33)34)22-9-10-23-21-8-7-20-16-25(32)26(35-28(2,3)4)17-30(20,6)24(21)11-13-29(22,23)5/h14,18-26,32H,7-13,15-17H2,1-6H3,(H,33,34)/p-1/t18-,19?,20-,21+,22-,23+,24+,25+,26?,29-,30+/m1/s1. The first kappa shape index (κ1) is 27.1. The molecule has 0 aromatic rings. The molecule has 0 radical (unpaired) electrons. The molecule has 0 heterocycles. The Labute approximate surface area is 212 Å². The summed E-state index contributed by atoms with van der Waals surface area (Å²) in [6.07, 6.45) is 10.0. The summed E-state index contributed by atoms with van der Waals surface area (Å²) in [5, 5.41) is 22.5. The van der Waals surface area contributed by atoms with Crippen molar-refractivity contribution in [2.45, 2.75) is 124 Å². The van der Waals surface area contributed by atoms with E-state index in [1.165, 1.54) is 38.5 Å². The van der Waals surface area contributed by atoms with Gasteiger partial charge in [0.1, 0.15) is 6.29 Å². The Morgan fingerprint density at radius 3 is 2.43 bits per heavy atom. The van der Waals surface area contributed by atoms with Gasteiger partial charge in [0.05, 0.1) is 17.8 Å². The molecular weight excluding hydrogens is 440 g/mol. The van der Waals surface area contributed by atoms with E-state index in [9.17, 15) is 19.8 Å². The molecule has 5 nitrogen and oxygen atoms in total. The van der Waals surface area contributed by atoms with Gasteiger partial charge in [0, 0.05) is 18.3 Å². The van der Waals surface area contributed by atoms with Gasteiger partial charge in [-0.3, -0.25) is 0 Å². The Morgan fingerprint density at radius 2 is 1.80 bits per heavy atom. The predicted molar refractivity (Wildman–Crippen MR) is 134 cm³/mol. The van der Waals surface area contributed by atoms with Crippen LogP contribution in [0.5, 0.6) is 0 Å². The lowest BCUT2D eigenvalue weighted by atomic mass is 9.44. The van der Waals surface area contributed by atoms with Crippen molar-refractivity contribution in [3.63, 3.8) is 0 Å². The molecule has 0 aliphatic heterocycles. The van der Waals surface area contributed by atoms with Gasteiger partial charge in [-0.15, -0.1) is 0 Å². The summed E-state index contributed by atoms with van der Waals surface area (Å²) >= 11 is 0. The van der Waals surface area contributed by atoms with E-state index in [0.29, 0.717) is 36.0 Å². The number of aliphatic carboxylic acids is 1. The van der Waals surface area contributed by atoms with Gasteiger partial charge in [-0.25, -0.2) is 0 Å². The molecule has 2 unspecified atom stereocenters. The summed E-state index contributed by atoms with van der Waals surface area (Å²) < 4.78 is 6.39. The Bertz CT molecular complexity index is 788. The van der Waals surface area contributed by atoms with Gasteiger partial charge in [-0.2, -0.15) is 0 Å². The monoisotopic (exact) mass is 489 g/mol. The fourth-order valence-electron chi connectivity index (χ4n) is 9.82. The molecule has 0 aromatic heterocycles. The van der Waals surface area contributed by atoms with Crippen molar-refractivity contribution >= 4 is 12.3 Å². The maximum atomic E-state index is 11.6. The highest BCUT2D eigenvalue weighted by Gasteiger charge is 2.61. The number of rotatable bonds is 7. The number of aliphatic hydroxyl groups excluding tert-OH is 1. The number of carboxylic acids is 1. The van der Waals surface area contributed by atoms with E-state index in [2.05, 4.69) is 41.5 Å². The highest BCUT2D eigenvalue weighted by atomic mass is 16.5. The topological polar surface area (TPSA) is 86.7 Å². The van der Waals surface area contributed by atoms with Crippen LogP contribution in [0.1, 0.15) is 106 Å². The third-order valence-corrected chi connectivity index (χ3v) is 11.3. The molecule has 0 spiro atoms. The zero-order chi connectivity index (χ0) is 25.8. The smallest absolute Gasteiger partial charge is 0.120 e. The second kappa shape index (κ2) is 9.74. The van der Waals surface area contributed by atoms with Gasteiger partial charge in [-0.1, -0.05) is 20.8 Å². The number of ether oxygens (including phenoxy) is 1. The quantitative estimate of drug-likeness (QED) is 0.520. The molecule has 35 heavy (non-hydrogen) atoms. The zero-order valence-electron chi connectivity index (χ0n) is 22.9. The molecule has 0 bridgehead atoms. The van der Waals surface area contributed by atoms with Crippen molar-refractivity contribution in [1.29, 1.82) is 0 Å². The molecule has 0 aromatic carbocycles. The van der Waals surface area contributed by atoms with E-state index < -0.39 is 11.9 Å². The Balaban J connectivity index is 1.51. The van der Waals surface area contributed by atoms with Crippen LogP contribution < -0.4 is 5.11 Å². The second-order valence-electron chi connectivity index (χ2n) is 14.3. The lowest BCUT2D eigenvalue weighted by Crippen LogP contribution is -2.57. The molecule has 4 saturated carbocycles. The summed E-state index contributed by atoms with van der Waals surface area (Å²) in [5.74, 6) is 1.71. The number of carboxylic acid groups (broad SMARTS) is 1. The number of aliphatic hydroxyl groups is 1. The number of carbonyl (C=O) groups is 2. The van der Waals surface area contributed by atoms with Gasteiger partial charge in [-0.05, 0) is 125 Å². The van der Waals surface area contributed by atoms with E-state index in [4.69, 9.17) is 4.74 Å². The largest absolute Gasteiger partial charge is 0.550 e. The summed E-state index contributed by atoms with van der Waals surface area (Å²) in [6, 6.07) is 0. The van der Waals surface area contributed by atoms with Crippen LogP contribution in [-0.2, 0) is 14.3 Å². The van der Waals surface area contributed by atoms with Gasteiger partial charge >= 0.3 is 0 Å². The minimum absolute atomic E-state index is 0.0631. The predicted octanol–water partition coefficient (Wildman–Crippen LogP) is 4.78. The number of aldehydes is 1. The Hall–Kier alpha value is -0.940. The third kappa shape index (κ3) is 4.98. The average molecular weight is 490 g/mol. The summed E-state index contributed by atoms with van der Waals surface area (Å²) in [4.78, 5) is 22.6. The van der Waals surface area contributed by atoms with Crippen LogP contribution in [0.15, 0.2) is 0 Å². The van der Waals surface area contributed by atoms with Crippen molar-refractivity contribution < 1.29 is 24.5 Å². The SMILES string of the molecule is C[C@H](CC(CC=O)C(=O)[O-])[C@H]1CC[C@H]2[C@@H]3CC[C@@H]4C[C@H](O)C(OC(C)(C)C)C[C@]4(C)[C@H]3CC[C@]12C. The molecule has 4 aliphatic carbocycles.